The lowest BCUT2D eigenvalue weighted by Crippen LogP contribution is -2.49. The number of aliphatic hydroxyl groups is 1. The van der Waals surface area contributed by atoms with Crippen molar-refractivity contribution in [3.05, 3.63) is 95.1 Å². The summed E-state index contributed by atoms with van der Waals surface area (Å²) >= 11 is 0. The third kappa shape index (κ3) is 4.82. The topological polar surface area (TPSA) is 35.9 Å². The minimum Gasteiger partial charge on any atom is -0.491 e. The molecule has 4 nitrogen and oxygen atoms in total. The highest BCUT2D eigenvalue weighted by Crippen LogP contribution is 2.31. The van der Waals surface area contributed by atoms with E-state index in [2.05, 4.69) is 52.3 Å². The Balaban J connectivity index is 1.18. The van der Waals surface area contributed by atoms with Crippen LogP contribution in [-0.4, -0.2) is 55.4 Å². The van der Waals surface area contributed by atoms with Gasteiger partial charge in [-0.15, -0.1) is 0 Å². The first kappa shape index (κ1) is 21.0. The molecule has 1 N–H and O–H groups in total. The number of para-hydroxylation sites is 1. The van der Waals surface area contributed by atoms with Gasteiger partial charge < -0.3 is 14.7 Å². The average Bonchev–Trinajstić information content (AvgIpc) is 3.03. The van der Waals surface area contributed by atoms with Crippen molar-refractivity contribution in [2.24, 2.45) is 0 Å². The van der Waals surface area contributed by atoms with Gasteiger partial charge >= 0.3 is 0 Å². The van der Waals surface area contributed by atoms with Gasteiger partial charge in [0.05, 0.1) is 0 Å². The summed E-state index contributed by atoms with van der Waals surface area (Å²) in [6, 6.07) is 25.4. The Bertz CT molecular complexity index is 1030. The van der Waals surface area contributed by atoms with Gasteiger partial charge in [0.1, 0.15) is 18.5 Å². The fourth-order valence-electron chi connectivity index (χ4n) is 5.04. The zero-order valence-corrected chi connectivity index (χ0v) is 18.6. The van der Waals surface area contributed by atoms with E-state index in [1.54, 1.807) is 0 Å². The van der Waals surface area contributed by atoms with E-state index in [0.29, 0.717) is 13.2 Å². The summed E-state index contributed by atoms with van der Waals surface area (Å²) in [6.45, 7) is 4.91. The number of aliphatic hydroxyl groups excluding tert-OH is 1. The van der Waals surface area contributed by atoms with E-state index < -0.39 is 6.10 Å². The predicted molar refractivity (Wildman–Crippen MR) is 130 cm³/mol. The van der Waals surface area contributed by atoms with Gasteiger partial charge in [-0.2, -0.15) is 0 Å². The molecule has 0 spiro atoms. The van der Waals surface area contributed by atoms with Crippen molar-refractivity contribution in [3.8, 4) is 5.75 Å². The maximum atomic E-state index is 10.4. The molecule has 4 heteroatoms. The third-order valence-corrected chi connectivity index (χ3v) is 6.76. The van der Waals surface area contributed by atoms with Crippen molar-refractivity contribution in [1.29, 1.82) is 0 Å². The predicted octanol–water partition coefficient (Wildman–Crippen LogP) is 3.94. The Hall–Kier alpha value is -2.82. The molecule has 32 heavy (non-hydrogen) atoms. The van der Waals surface area contributed by atoms with E-state index in [-0.39, 0.29) is 0 Å². The molecule has 1 aliphatic carbocycles. The van der Waals surface area contributed by atoms with E-state index in [4.69, 9.17) is 4.74 Å². The fraction of sp³-hybridized carbons (Fsp3) is 0.357. The van der Waals surface area contributed by atoms with E-state index in [1.807, 2.05) is 30.3 Å². The number of hydrogen-bond acceptors (Lipinski definition) is 4. The number of β-amino-alcohol motifs (C(OH)–C–C–N with tert-alkyl or cyclic N) is 1. The monoisotopic (exact) mass is 428 g/mol. The maximum absolute atomic E-state index is 10.4. The summed E-state index contributed by atoms with van der Waals surface area (Å²) in [5, 5.41) is 10.4. The first-order valence-electron chi connectivity index (χ1n) is 11.8. The van der Waals surface area contributed by atoms with Crippen LogP contribution in [0.25, 0.3) is 0 Å². The van der Waals surface area contributed by atoms with Crippen molar-refractivity contribution in [2.45, 2.75) is 25.4 Å². The molecule has 0 aromatic heterocycles. The second kappa shape index (κ2) is 9.76. The Kier molecular flexibility index (Phi) is 6.42. The Morgan fingerprint density at radius 2 is 1.47 bits per heavy atom. The maximum Gasteiger partial charge on any atom is 0.119 e. The van der Waals surface area contributed by atoms with Crippen LogP contribution < -0.4 is 9.64 Å². The summed E-state index contributed by atoms with van der Waals surface area (Å²) in [4.78, 5) is 4.89. The average molecular weight is 429 g/mol. The minimum atomic E-state index is -0.478. The van der Waals surface area contributed by atoms with Crippen LogP contribution in [0.2, 0.25) is 0 Å². The molecular formula is C28H32N2O2. The number of rotatable bonds is 6. The molecule has 0 saturated carbocycles. The van der Waals surface area contributed by atoms with Gasteiger partial charge in [0, 0.05) is 38.4 Å². The molecule has 0 amide bonds. The van der Waals surface area contributed by atoms with Crippen LogP contribution in [0.5, 0.6) is 5.75 Å². The molecular weight excluding hydrogens is 396 g/mol. The molecule has 1 aliphatic heterocycles. The van der Waals surface area contributed by atoms with Crippen LogP contribution in [-0.2, 0) is 19.3 Å². The van der Waals surface area contributed by atoms with E-state index >= 15 is 0 Å². The van der Waals surface area contributed by atoms with Crippen molar-refractivity contribution in [3.63, 3.8) is 0 Å². The molecule has 0 bridgehead atoms. The number of hydrogen-bond donors (Lipinski definition) is 1. The van der Waals surface area contributed by atoms with Crippen molar-refractivity contribution in [2.75, 3.05) is 44.2 Å². The second-order valence-corrected chi connectivity index (χ2v) is 8.93. The summed E-state index contributed by atoms with van der Waals surface area (Å²) in [6.07, 6.45) is 2.78. The van der Waals surface area contributed by atoms with Crippen LogP contribution in [0.4, 0.5) is 5.69 Å². The van der Waals surface area contributed by atoms with Crippen molar-refractivity contribution < 1.29 is 9.84 Å². The largest absolute Gasteiger partial charge is 0.491 e. The van der Waals surface area contributed by atoms with E-state index in [1.165, 1.54) is 27.9 Å². The van der Waals surface area contributed by atoms with Gasteiger partial charge in [0.15, 0.2) is 0 Å². The van der Waals surface area contributed by atoms with Crippen molar-refractivity contribution >= 4 is 5.69 Å². The summed E-state index contributed by atoms with van der Waals surface area (Å²) < 4.78 is 5.71. The number of piperazine rings is 1. The lowest BCUT2D eigenvalue weighted by atomic mass is 9.98. The number of benzene rings is 3. The number of ether oxygens (including phenoxy) is 1. The van der Waals surface area contributed by atoms with Gasteiger partial charge in [-0.1, -0.05) is 54.6 Å². The first-order valence-corrected chi connectivity index (χ1v) is 11.8. The van der Waals surface area contributed by atoms with Crippen LogP contribution in [0.1, 0.15) is 22.3 Å². The molecule has 1 saturated heterocycles. The SMILES string of the molecule is OC(COc1ccccc1)CN1CCN(c2cccc3c2CCc2ccccc2C3)CC1. The Morgan fingerprint density at radius 1 is 0.750 bits per heavy atom. The molecule has 166 valence electrons. The molecule has 1 atom stereocenters. The molecule has 1 fully saturated rings. The summed E-state index contributed by atoms with van der Waals surface area (Å²) in [5.74, 6) is 0.809. The molecule has 1 unspecified atom stereocenters. The number of aryl methyl sites for hydroxylation is 1. The van der Waals surface area contributed by atoms with Gasteiger partial charge in [-0.3, -0.25) is 4.90 Å². The zero-order chi connectivity index (χ0) is 21.8. The highest BCUT2D eigenvalue weighted by Gasteiger charge is 2.23. The van der Waals surface area contributed by atoms with Gasteiger partial charge in [-0.05, 0) is 59.7 Å². The molecule has 3 aromatic carbocycles. The molecule has 3 aromatic rings. The van der Waals surface area contributed by atoms with E-state index in [9.17, 15) is 5.11 Å². The Labute approximate surface area is 191 Å². The number of nitrogens with zero attached hydrogens (tertiary/aromatic N) is 2. The fourth-order valence-corrected chi connectivity index (χ4v) is 5.04. The smallest absolute Gasteiger partial charge is 0.119 e. The molecule has 5 rings (SSSR count). The number of anilines is 1. The second-order valence-electron chi connectivity index (χ2n) is 8.93. The van der Waals surface area contributed by atoms with Gasteiger partial charge in [-0.25, -0.2) is 0 Å². The normalized spacial score (nSPS) is 17.2. The molecule has 1 heterocycles. The standard InChI is InChI=1S/C28H32N2O2/c31-25(21-32-26-10-2-1-3-11-26)20-29-15-17-30(18-16-29)28-12-6-9-24-19-23-8-5-4-7-22(23)13-14-27(24)28/h1-12,25,31H,13-21H2. The molecule has 2 aliphatic rings. The Morgan fingerprint density at radius 3 is 2.28 bits per heavy atom. The minimum absolute atomic E-state index is 0.330. The highest BCUT2D eigenvalue weighted by atomic mass is 16.5. The van der Waals surface area contributed by atoms with Crippen LogP contribution in [0.3, 0.4) is 0 Å². The van der Waals surface area contributed by atoms with Crippen LogP contribution in [0.15, 0.2) is 72.8 Å². The summed E-state index contributed by atoms with van der Waals surface area (Å²) in [5.41, 5.74) is 7.37. The van der Waals surface area contributed by atoms with Gasteiger partial charge in [0.25, 0.3) is 0 Å². The van der Waals surface area contributed by atoms with Crippen molar-refractivity contribution in [1.82, 2.24) is 4.90 Å². The number of fused-ring (bicyclic) bond motifs is 2. The van der Waals surface area contributed by atoms with Crippen LogP contribution >= 0.6 is 0 Å². The van der Waals surface area contributed by atoms with Crippen LogP contribution in [0, 0.1) is 0 Å². The van der Waals surface area contributed by atoms with E-state index in [0.717, 1.165) is 51.2 Å². The lowest BCUT2D eigenvalue weighted by molar-refractivity contribution is 0.0663. The zero-order valence-electron chi connectivity index (χ0n) is 18.6. The third-order valence-electron chi connectivity index (χ3n) is 6.76. The van der Waals surface area contributed by atoms with Gasteiger partial charge in [0.2, 0.25) is 0 Å². The summed E-state index contributed by atoms with van der Waals surface area (Å²) in [7, 11) is 0. The highest BCUT2D eigenvalue weighted by molar-refractivity contribution is 5.59. The first-order chi connectivity index (χ1) is 15.8. The molecule has 0 radical (unpaired) electrons. The lowest BCUT2D eigenvalue weighted by Gasteiger charge is -2.38. The quantitative estimate of drug-likeness (QED) is 0.645.